The minimum atomic E-state index is -3.58. The van der Waals surface area contributed by atoms with E-state index in [0.717, 1.165) is 13.1 Å². The fraction of sp³-hybridized carbons (Fsp3) is 0.636. The van der Waals surface area contributed by atoms with Gasteiger partial charge >= 0.3 is 0 Å². The van der Waals surface area contributed by atoms with E-state index in [2.05, 4.69) is 9.62 Å². The van der Waals surface area contributed by atoms with Crippen LogP contribution in [0.1, 0.15) is 5.76 Å². The lowest BCUT2D eigenvalue weighted by Crippen LogP contribution is -2.41. The Labute approximate surface area is 112 Å². The van der Waals surface area contributed by atoms with E-state index in [1.807, 2.05) is 0 Å². The molecule has 0 aliphatic carbocycles. The van der Waals surface area contributed by atoms with Gasteiger partial charge in [0.15, 0.2) is 0 Å². The van der Waals surface area contributed by atoms with Gasteiger partial charge in [0.25, 0.3) is 10.0 Å². The Hall–Kier alpha value is -0.930. The topological polar surface area (TPSA) is 97.8 Å². The second-order valence-electron chi connectivity index (χ2n) is 4.28. The summed E-state index contributed by atoms with van der Waals surface area (Å²) >= 11 is 0. The van der Waals surface area contributed by atoms with Crippen molar-refractivity contribution < 1.29 is 17.6 Å². The van der Waals surface area contributed by atoms with Crippen LogP contribution < -0.4 is 10.5 Å². The molecule has 0 spiro atoms. The van der Waals surface area contributed by atoms with Gasteiger partial charge in [0.1, 0.15) is 5.76 Å². The third-order valence-corrected chi connectivity index (χ3v) is 4.26. The summed E-state index contributed by atoms with van der Waals surface area (Å²) in [6.07, 6.45) is 0. The van der Waals surface area contributed by atoms with Crippen molar-refractivity contribution in [3.05, 3.63) is 17.9 Å². The fourth-order valence-electron chi connectivity index (χ4n) is 1.85. The molecule has 1 aliphatic rings. The molecular formula is C11H19N3O4S. The third-order valence-electron chi connectivity index (χ3n) is 2.93. The standard InChI is InChI=1S/C11H19N3O4S/c12-9-10-1-2-11(18-10)19(15,16)13-3-4-14-5-7-17-8-6-14/h1-2,13H,3-9,12H2. The molecule has 1 aromatic rings. The molecule has 2 rings (SSSR count). The van der Waals surface area contributed by atoms with Gasteiger partial charge in [-0.25, -0.2) is 13.1 Å². The number of nitrogens with two attached hydrogens (primary N) is 1. The summed E-state index contributed by atoms with van der Waals surface area (Å²) < 4.78 is 36.7. The molecule has 1 aliphatic heterocycles. The van der Waals surface area contributed by atoms with Gasteiger partial charge in [-0.15, -0.1) is 0 Å². The average Bonchev–Trinajstić information content (AvgIpc) is 2.89. The number of nitrogens with one attached hydrogen (secondary N) is 1. The van der Waals surface area contributed by atoms with Crippen molar-refractivity contribution in [1.29, 1.82) is 0 Å². The van der Waals surface area contributed by atoms with Gasteiger partial charge in [-0.3, -0.25) is 4.90 Å². The van der Waals surface area contributed by atoms with E-state index in [4.69, 9.17) is 14.9 Å². The van der Waals surface area contributed by atoms with E-state index in [1.165, 1.54) is 6.07 Å². The van der Waals surface area contributed by atoms with Crippen LogP contribution in [0.15, 0.2) is 21.6 Å². The molecule has 0 saturated carbocycles. The van der Waals surface area contributed by atoms with Gasteiger partial charge in [0.05, 0.1) is 19.8 Å². The van der Waals surface area contributed by atoms with Crippen molar-refractivity contribution in [2.24, 2.45) is 5.73 Å². The first-order valence-electron chi connectivity index (χ1n) is 6.20. The molecule has 19 heavy (non-hydrogen) atoms. The van der Waals surface area contributed by atoms with Crippen molar-refractivity contribution in [2.45, 2.75) is 11.6 Å². The monoisotopic (exact) mass is 289 g/mol. The Balaban J connectivity index is 1.83. The van der Waals surface area contributed by atoms with E-state index in [0.29, 0.717) is 32.1 Å². The molecule has 0 amide bonds. The second kappa shape index (κ2) is 6.49. The van der Waals surface area contributed by atoms with Gasteiger partial charge < -0.3 is 14.9 Å². The Kier molecular flexibility index (Phi) is 4.94. The molecule has 1 saturated heterocycles. The SMILES string of the molecule is NCc1ccc(S(=O)(=O)NCCN2CCOCC2)o1. The Bertz CT molecular complexity index is 494. The molecule has 0 atom stereocenters. The van der Waals surface area contributed by atoms with E-state index in [-0.39, 0.29) is 11.6 Å². The first-order chi connectivity index (χ1) is 9.12. The molecule has 108 valence electrons. The zero-order valence-electron chi connectivity index (χ0n) is 10.7. The molecule has 1 aromatic heterocycles. The quantitative estimate of drug-likeness (QED) is 0.722. The molecule has 1 fully saturated rings. The van der Waals surface area contributed by atoms with Crippen LogP contribution in [-0.4, -0.2) is 52.7 Å². The third kappa shape index (κ3) is 4.02. The van der Waals surface area contributed by atoms with Crippen molar-refractivity contribution >= 4 is 10.0 Å². The molecular weight excluding hydrogens is 270 g/mol. The number of hydrogen-bond donors (Lipinski definition) is 2. The van der Waals surface area contributed by atoms with Crippen LogP contribution in [0.4, 0.5) is 0 Å². The van der Waals surface area contributed by atoms with Crippen LogP contribution in [0.3, 0.4) is 0 Å². The van der Waals surface area contributed by atoms with E-state index in [1.54, 1.807) is 6.07 Å². The Morgan fingerprint density at radius 2 is 2.05 bits per heavy atom. The van der Waals surface area contributed by atoms with Crippen LogP contribution in [0.5, 0.6) is 0 Å². The lowest BCUT2D eigenvalue weighted by molar-refractivity contribution is 0.0390. The molecule has 0 unspecified atom stereocenters. The number of hydrogen-bond acceptors (Lipinski definition) is 6. The maximum absolute atomic E-state index is 11.9. The lowest BCUT2D eigenvalue weighted by Gasteiger charge is -2.26. The molecule has 2 heterocycles. The minimum absolute atomic E-state index is 0.0880. The van der Waals surface area contributed by atoms with Gasteiger partial charge in [0.2, 0.25) is 5.09 Å². The number of furan rings is 1. The van der Waals surface area contributed by atoms with Crippen LogP contribution in [0.2, 0.25) is 0 Å². The largest absolute Gasteiger partial charge is 0.447 e. The summed E-state index contributed by atoms with van der Waals surface area (Å²) in [7, 11) is -3.58. The van der Waals surface area contributed by atoms with E-state index < -0.39 is 10.0 Å². The maximum atomic E-state index is 11.9. The normalized spacial score (nSPS) is 17.7. The highest BCUT2D eigenvalue weighted by Gasteiger charge is 2.18. The smallest absolute Gasteiger partial charge is 0.274 e. The summed E-state index contributed by atoms with van der Waals surface area (Å²) in [6, 6.07) is 2.98. The number of ether oxygens (including phenoxy) is 1. The van der Waals surface area contributed by atoms with E-state index >= 15 is 0 Å². The molecule has 0 bridgehead atoms. The summed E-state index contributed by atoms with van der Waals surface area (Å²) in [5.41, 5.74) is 5.38. The number of nitrogens with zero attached hydrogens (tertiary/aromatic N) is 1. The predicted molar refractivity (Wildman–Crippen MR) is 69.0 cm³/mol. The van der Waals surface area contributed by atoms with Crippen molar-refractivity contribution in [2.75, 3.05) is 39.4 Å². The van der Waals surface area contributed by atoms with E-state index in [9.17, 15) is 8.42 Å². The highest BCUT2D eigenvalue weighted by molar-refractivity contribution is 7.89. The van der Waals surface area contributed by atoms with Crippen LogP contribution in [0, 0.1) is 0 Å². The average molecular weight is 289 g/mol. The predicted octanol–water partition coefficient (Wildman–Crippen LogP) is -0.651. The van der Waals surface area contributed by atoms with Gasteiger partial charge in [0, 0.05) is 26.2 Å². The number of sulfonamides is 1. The second-order valence-corrected chi connectivity index (χ2v) is 5.97. The lowest BCUT2D eigenvalue weighted by atomic mass is 10.4. The number of morpholine rings is 1. The van der Waals surface area contributed by atoms with Gasteiger partial charge in [-0.2, -0.15) is 0 Å². The summed E-state index contributed by atoms with van der Waals surface area (Å²) in [5, 5.41) is -0.0880. The summed E-state index contributed by atoms with van der Waals surface area (Å²) in [4.78, 5) is 2.15. The first-order valence-corrected chi connectivity index (χ1v) is 7.69. The zero-order chi connectivity index (χ0) is 13.7. The minimum Gasteiger partial charge on any atom is -0.447 e. The molecule has 0 aromatic carbocycles. The van der Waals surface area contributed by atoms with Crippen molar-refractivity contribution in [3.8, 4) is 0 Å². The molecule has 3 N–H and O–H groups in total. The first kappa shape index (κ1) is 14.5. The Morgan fingerprint density at radius 1 is 1.32 bits per heavy atom. The van der Waals surface area contributed by atoms with Crippen molar-refractivity contribution in [3.63, 3.8) is 0 Å². The highest BCUT2D eigenvalue weighted by Crippen LogP contribution is 2.12. The summed E-state index contributed by atoms with van der Waals surface area (Å²) in [6.45, 7) is 4.26. The van der Waals surface area contributed by atoms with Gasteiger partial charge in [-0.1, -0.05) is 0 Å². The van der Waals surface area contributed by atoms with Gasteiger partial charge in [-0.05, 0) is 12.1 Å². The fourth-order valence-corrected chi connectivity index (χ4v) is 2.81. The Morgan fingerprint density at radius 3 is 2.68 bits per heavy atom. The molecule has 8 heteroatoms. The van der Waals surface area contributed by atoms with Crippen LogP contribution >= 0.6 is 0 Å². The highest BCUT2D eigenvalue weighted by atomic mass is 32.2. The molecule has 7 nitrogen and oxygen atoms in total. The molecule has 0 radical (unpaired) electrons. The van der Waals surface area contributed by atoms with Crippen molar-refractivity contribution in [1.82, 2.24) is 9.62 Å². The van der Waals surface area contributed by atoms with Crippen LogP contribution in [-0.2, 0) is 21.3 Å². The van der Waals surface area contributed by atoms with Crippen LogP contribution in [0.25, 0.3) is 0 Å². The zero-order valence-corrected chi connectivity index (χ0v) is 11.5. The number of rotatable bonds is 6. The maximum Gasteiger partial charge on any atom is 0.274 e. The summed E-state index contributed by atoms with van der Waals surface area (Å²) in [5.74, 6) is 0.452.